The van der Waals surface area contributed by atoms with E-state index >= 15 is 0 Å². The van der Waals surface area contributed by atoms with Crippen LogP contribution >= 0.6 is 11.8 Å². The summed E-state index contributed by atoms with van der Waals surface area (Å²) in [5, 5.41) is 25.8. The van der Waals surface area contributed by atoms with Gasteiger partial charge in [0, 0.05) is 33.7 Å². The molecule has 0 radical (unpaired) electrons. The zero-order chi connectivity index (χ0) is 27.9. The number of phenolic OH excluding ortho intramolecular Hbond substituents is 1. The van der Waals surface area contributed by atoms with Crippen LogP contribution in [0, 0.1) is 10.1 Å². The summed E-state index contributed by atoms with van der Waals surface area (Å²) < 4.78 is 0. The van der Waals surface area contributed by atoms with Crippen molar-refractivity contribution in [3.63, 3.8) is 0 Å². The van der Waals surface area contributed by atoms with Crippen LogP contribution in [-0.4, -0.2) is 32.1 Å². The zero-order valence-electron chi connectivity index (χ0n) is 20.8. The molecule has 10 heteroatoms. The normalized spacial score (nSPS) is 10.9. The monoisotopic (exact) mass is 547 g/mol. The Morgan fingerprint density at radius 3 is 2.05 bits per heavy atom. The predicted octanol–water partition coefficient (Wildman–Crippen LogP) is 6.34. The zero-order valence-corrected chi connectivity index (χ0v) is 21.7. The Morgan fingerprint density at radius 1 is 0.850 bits per heavy atom. The number of amides is 1. The summed E-state index contributed by atoms with van der Waals surface area (Å²) in [6.07, 6.45) is 1.31. The number of rotatable bonds is 8. The third-order valence-corrected chi connectivity index (χ3v) is 6.73. The first-order valence-electron chi connectivity index (χ1n) is 12.1. The summed E-state index contributed by atoms with van der Waals surface area (Å²) in [5.74, 6) is -0.813. The van der Waals surface area contributed by atoms with Crippen LogP contribution in [0.3, 0.4) is 0 Å². The number of benzene rings is 4. The molecule has 5 rings (SSSR count). The second kappa shape index (κ2) is 12.0. The largest absolute Gasteiger partial charge is 0.507 e. The number of nitrogens with zero attached hydrogens (tertiary/aromatic N) is 4. The molecular formula is C30H21N5O4S. The molecule has 2 N–H and O–H groups in total. The van der Waals surface area contributed by atoms with E-state index in [0.29, 0.717) is 15.6 Å². The summed E-state index contributed by atoms with van der Waals surface area (Å²) in [6, 6.07) is 31.7. The topological polar surface area (TPSA) is 131 Å². The van der Waals surface area contributed by atoms with Crippen molar-refractivity contribution in [3.05, 3.63) is 130 Å². The van der Waals surface area contributed by atoms with Gasteiger partial charge in [-0.05, 0) is 36.0 Å². The Hall–Kier alpha value is -5.35. The number of aromatic hydroxyl groups is 1. The van der Waals surface area contributed by atoms with Crippen molar-refractivity contribution < 1.29 is 14.8 Å². The summed E-state index contributed by atoms with van der Waals surface area (Å²) >= 11 is 1.22. The number of hydrogen-bond acceptors (Lipinski definition) is 8. The van der Waals surface area contributed by atoms with Crippen LogP contribution in [0.5, 0.6) is 5.75 Å². The smallest absolute Gasteiger partial charge is 0.275 e. The van der Waals surface area contributed by atoms with E-state index in [0.717, 1.165) is 22.5 Å². The Morgan fingerprint density at radius 2 is 1.45 bits per heavy atom. The van der Waals surface area contributed by atoms with Crippen LogP contribution in [0.1, 0.15) is 15.9 Å². The summed E-state index contributed by atoms with van der Waals surface area (Å²) in [5.41, 5.74) is 5.93. The molecule has 0 saturated carbocycles. The first-order valence-corrected chi connectivity index (χ1v) is 12.9. The van der Waals surface area contributed by atoms with Crippen molar-refractivity contribution in [3.8, 4) is 28.3 Å². The van der Waals surface area contributed by atoms with Gasteiger partial charge in [-0.3, -0.25) is 14.9 Å². The lowest BCUT2D eigenvalue weighted by atomic mass is 10.1. The van der Waals surface area contributed by atoms with E-state index in [-0.39, 0.29) is 17.0 Å². The first-order chi connectivity index (χ1) is 19.5. The van der Waals surface area contributed by atoms with Crippen LogP contribution in [0.2, 0.25) is 0 Å². The molecule has 0 aliphatic carbocycles. The van der Waals surface area contributed by atoms with Crippen molar-refractivity contribution in [2.75, 3.05) is 0 Å². The Kier molecular flexibility index (Phi) is 7.89. The maximum Gasteiger partial charge on any atom is 0.275 e. The lowest BCUT2D eigenvalue weighted by Gasteiger charge is -2.10. The average molecular weight is 548 g/mol. The highest BCUT2D eigenvalue weighted by Crippen LogP contribution is 2.33. The van der Waals surface area contributed by atoms with Gasteiger partial charge in [0.15, 0.2) is 5.16 Å². The van der Waals surface area contributed by atoms with E-state index in [2.05, 4.69) is 10.5 Å². The minimum Gasteiger partial charge on any atom is -0.507 e. The van der Waals surface area contributed by atoms with E-state index in [1.54, 1.807) is 18.2 Å². The molecule has 0 bridgehead atoms. The molecule has 0 atom stereocenters. The highest BCUT2D eigenvalue weighted by molar-refractivity contribution is 7.99. The number of carbonyl (C=O) groups excluding carboxylic acids is 1. The Labute approximate surface area is 233 Å². The average Bonchev–Trinajstić information content (AvgIpc) is 2.98. The second-order valence-corrected chi connectivity index (χ2v) is 9.46. The molecule has 4 aromatic carbocycles. The fourth-order valence-corrected chi connectivity index (χ4v) is 4.66. The summed E-state index contributed by atoms with van der Waals surface area (Å²) in [7, 11) is 0. The fraction of sp³-hybridized carbons (Fsp3) is 0. The quantitative estimate of drug-likeness (QED) is 0.100. The Bertz CT molecular complexity index is 1650. The highest BCUT2D eigenvalue weighted by Gasteiger charge is 2.15. The molecule has 5 aromatic rings. The van der Waals surface area contributed by atoms with Gasteiger partial charge in [-0.15, -0.1) is 0 Å². The molecule has 0 fully saturated rings. The number of carbonyl (C=O) groups is 1. The van der Waals surface area contributed by atoms with Crippen LogP contribution in [0.4, 0.5) is 5.69 Å². The lowest BCUT2D eigenvalue weighted by Crippen LogP contribution is -2.17. The lowest BCUT2D eigenvalue weighted by molar-refractivity contribution is -0.384. The van der Waals surface area contributed by atoms with E-state index in [9.17, 15) is 20.0 Å². The second-order valence-electron chi connectivity index (χ2n) is 8.45. The summed E-state index contributed by atoms with van der Waals surface area (Å²) in [4.78, 5) is 33.5. The van der Waals surface area contributed by atoms with Crippen molar-refractivity contribution in [2.45, 2.75) is 10.1 Å². The van der Waals surface area contributed by atoms with Gasteiger partial charge in [-0.1, -0.05) is 72.8 Å². The van der Waals surface area contributed by atoms with E-state index in [1.165, 1.54) is 42.2 Å². The van der Waals surface area contributed by atoms with Crippen molar-refractivity contribution in [1.29, 1.82) is 0 Å². The number of aromatic nitrogens is 2. The SMILES string of the molecule is O=C(N/N=C/c1cc([N+](=O)[O-])ccc1Sc1nc(-c2ccccc2)cc(-c2ccccc2)n1)c1ccccc1O. The maximum absolute atomic E-state index is 12.4. The molecule has 1 aromatic heterocycles. The minimum atomic E-state index is -0.625. The number of phenols is 1. The molecule has 0 aliphatic heterocycles. The molecule has 1 heterocycles. The van der Waals surface area contributed by atoms with Crippen molar-refractivity contribution >= 4 is 29.6 Å². The highest BCUT2D eigenvalue weighted by atomic mass is 32.2. The molecule has 0 saturated heterocycles. The molecule has 0 unspecified atom stereocenters. The fourth-order valence-electron chi connectivity index (χ4n) is 3.81. The van der Waals surface area contributed by atoms with Gasteiger partial charge in [-0.25, -0.2) is 15.4 Å². The van der Waals surface area contributed by atoms with Gasteiger partial charge in [-0.2, -0.15) is 5.10 Å². The van der Waals surface area contributed by atoms with Crippen LogP contribution in [-0.2, 0) is 0 Å². The van der Waals surface area contributed by atoms with E-state index in [4.69, 9.17) is 9.97 Å². The minimum absolute atomic E-state index is 0.0489. The third-order valence-electron chi connectivity index (χ3n) is 5.77. The van der Waals surface area contributed by atoms with E-state index in [1.807, 2.05) is 66.7 Å². The summed E-state index contributed by atoms with van der Waals surface area (Å²) in [6.45, 7) is 0. The van der Waals surface area contributed by atoms with Crippen LogP contribution in [0.15, 0.2) is 124 Å². The number of para-hydroxylation sites is 1. The number of non-ortho nitro benzene ring substituents is 1. The predicted molar refractivity (Wildman–Crippen MR) is 153 cm³/mol. The van der Waals surface area contributed by atoms with Gasteiger partial charge in [0.25, 0.3) is 11.6 Å². The molecule has 196 valence electrons. The van der Waals surface area contributed by atoms with Crippen LogP contribution < -0.4 is 5.43 Å². The molecule has 0 aliphatic rings. The maximum atomic E-state index is 12.4. The number of nitro benzene ring substituents is 1. The molecule has 0 spiro atoms. The number of nitro groups is 1. The number of hydrazone groups is 1. The first kappa shape index (κ1) is 26.3. The van der Waals surface area contributed by atoms with Gasteiger partial charge >= 0.3 is 0 Å². The molecule has 1 amide bonds. The number of hydrogen-bond donors (Lipinski definition) is 2. The number of nitrogens with one attached hydrogen (secondary N) is 1. The van der Waals surface area contributed by atoms with E-state index < -0.39 is 10.8 Å². The van der Waals surface area contributed by atoms with Crippen molar-refractivity contribution in [1.82, 2.24) is 15.4 Å². The van der Waals surface area contributed by atoms with Gasteiger partial charge in [0.2, 0.25) is 0 Å². The molecule has 9 nitrogen and oxygen atoms in total. The van der Waals surface area contributed by atoms with Crippen LogP contribution in [0.25, 0.3) is 22.5 Å². The van der Waals surface area contributed by atoms with Gasteiger partial charge < -0.3 is 5.11 Å². The van der Waals surface area contributed by atoms with Gasteiger partial charge in [0.1, 0.15) is 5.75 Å². The molecular weight excluding hydrogens is 526 g/mol. The molecule has 40 heavy (non-hydrogen) atoms. The third kappa shape index (κ3) is 6.20. The van der Waals surface area contributed by atoms with Crippen molar-refractivity contribution in [2.24, 2.45) is 5.10 Å². The van der Waals surface area contributed by atoms with Gasteiger partial charge in [0.05, 0.1) is 28.1 Å². The standard InChI is InChI=1S/C30H21N5O4S/c36-27-14-8-7-13-24(27)29(37)34-31-19-22-17-23(35(38)39)15-16-28(22)40-30-32-25(20-9-3-1-4-10-20)18-26(33-30)21-11-5-2-6-12-21/h1-19,36H,(H,34,37)/b31-19+. The Balaban J connectivity index is 1.50.